The summed E-state index contributed by atoms with van der Waals surface area (Å²) in [5, 5.41) is 25.9. The molecule has 1 saturated heterocycles. The molecule has 0 aromatic carbocycles. The summed E-state index contributed by atoms with van der Waals surface area (Å²) in [6, 6.07) is -1.13. The first kappa shape index (κ1) is 41.5. The zero-order valence-corrected chi connectivity index (χ0v) is 27.7. The summed E-state index contributed by atoms with van der Waals surface area (Å²) in [5.74, 6) is 0.178. The Hall–Kier alpha value is -1.50. The number of carbonyl (C=O) groups excluding carboxylic acids is 2. The van der Waals surface area contributed by atoms with E-state index >= 15 is 0 Å². The number of hydrogen-bond donors (Lipinski definition) is 8. The molecule has 10 atom stereocenters. The molecule has 2 fully saturated rings. The zero-order chi connectivity index (χ0) is 33.8. The molecule has 0 radical (unpaired) electrons. The molecule has 268 valence electrons. The minimum absolute atomic E-state index is 0. The van der Waals surface area contributed by atoms with Crippen LogP contribution in [-0.2, 0) is 33.3 Å². The van der Waals surface area contributed by atoms with Crippen LogP contribution in [0.2, 0.25) is 0 Å². The largest absolute Gasteiger partial charge is 0.389 e. The fraction of sp³-hybridized carbons (Fsp3) is 0.933. The zero-order valence-electron chi connectivity index (χ0n) is 27.7. The van der Waals surface area contributed by atoms with Crippen LogP contribution >= 0.6 is 0 Å². The van der Waals surface area contributed by atoms with Gasteiger partial charge in [0, 0.05) is 67.8 Å². The summed E-state index contributed by atoms with van der Waals surface area (Å²) in [6.45, 7) is 4.23. The number of unbranched alkanes of at least 4 members (excludes halogenated alkanes) is 4. The third kappa shape index (κ3) is 14.4. The van der Waals surface area contributed by atoms with E-state index in [2.05, 4.69) is 10.6 Å². The highest BCUT2D eigenvalue weighted by Gasteiger charge is 2.44. The van der Waals surface area contributed by atoms with Gasteiger partial charge in [-0.2, -0.15) is 0 Å². The third-order valence-electron chi connectivity index (χ3n) is 8.32. The Balaban J connectivity index is 0.000000862. The van der Waals surface area contributed by atoms with Crippen molar-refractivity contribution >= 4 is 11.8 Å². The summed E-state index contributed by atoms with van der Waals surface area (Å²) < 4.78 is 27.6. The van der Waals surface area contributed by atoms with Crippen molar-refractivity contribution in [2.24, 2.45) is 28.9 Å². The van der Waals surface area contributed by atoms with Gasteiger partial charge in [-0.3, -0.25) is 9.59 Å². The van der Waals surface area contributed by atoms with Crippen molar-refractivity contribution in [3.63, 3.8) is 0 Å². The Labute approximate surface area is 270 Å². The van der Waals surface area contributed by atoms with Crippen molar-refractivity contribution in [2.75, 3.05) is 54.1 Å². The average molecular weight is 653 g/mol. The average Bonchev–Trinajstić information content (AvgIpc) is 3.04. The number of aliphatic hydroxyl groups is 2. The van der Waals surface area contributed by atoms with Crippen molar-refractivity contribution in [3.05, 3.63) is 0 Å². The maximum absolute atomic E-state index is 11.3. The number of rotatable bonds is 19. The van der Waals surface area contributed by atoms with Crippen molar-refractivity contribution < 1.29 is 44.9 Å². The Kier molecular flexibility index (Phi) is 21.9. The van der Waals surface area contributed by atoms with E-state index in [1.54, 1.807) is 14.2 Å². The molecule has 1 aliphatic heterocycles. The quantitative estimate of drug-likeness (QED) is 0.0756. The molecule has 2 rings (SSSR count). The van der Waals surface area contributed by atoms with Crippen molar-refractivity contribution in [1.29, 1.82) is 0 Å². The number of carbonyl (C=O) groups is 2. The van der Waals surface area contributed by atoms with E-state index in [0.717, 1.165) is 38.5 Å². The van der Waals surface area contributed by atoms with Crippen LogP contribution < -0.4 is 33.6 Å². The summed E-state index contributed by atoms with van der Waals surface area (Å²) in [4.78, 5) is 22.4. The van der Waals surface area contributed by atoms with Gasteiger partial charge in [-0.15, -0.1) is 0 Å². The highest BCUT2D eigenvalue weighted by atomic mass is 16.7. The molecule has 2 aliphatic rings. The molecule has 0 aromatic rings. The highest BCUT2D eigenvalue weighted by Crippen LogP contribution is 2.28. The standard InChI is InChI=1S/C16H33N3O4.C14H29N3O5.H2/c1-3-19-13(20)7-5-4-6-8-23-16-11(10-17)9-12(22-2)14(18)15(16)21;1-17-10(18)6-4-3-5-7-21-13-9(8-15)22-14(20-2)11(16)12(13)19;/h11-12,14-16,21H,3-10,17-18H2,1-2H3,(H,19,20);9,11-14,19H,3-8,15-16H2,1-2H3,(H,17,18);1H. The first-order chi connectivity index (χ1) is 21.6. The minimum Gasteiger partial charge on any atom is -0.389 e. The highest BCUT2D eigenvalue weighted by molar-refractivity contribution is 5.75. The van der Waals surface area contributed by atoms with Gasteiger partial charge in [-0.05, 0) is 45.6 Å². The third-order valence-corrected chi connectivity index (χ3v) is 8.32. The normalized spacial score (nSPS) is 31.5. The summed E-state index contributed by atoms with van der Waals surface area (Å²) in [5.41, 5.74) is 23.4. The summed E-state index contributed by atoms with van der Waals surface area (Å²) in [6.07, 6.45) is 2.95. The molecule has 45 heavy (non-hydrogen) atoms. The molecule has 1 aliphatic carbocycles. The summed E-state index contributed by atoms with van der Waals surface area (Å²) in [7, 11) is 4.69. The fourth-order valence-electron chi connectivity index (χ4n) is 5.55. The SMILES string of the molecule is CCNC(=O)CCCCCOC1C(CN)CC(OC)C(N)C1O.CNC(=O)CCCCCOC1C(CN)OC(OC)C(N)C1O.[HH]. The van der Waals surface area contributed by atoms with Crippen molar-refractivity contribution in [3.8, 4) is 0 Å². The molecule has 1 saturated carbocycles. The van der Waals surface area contributed by atoms with Gasteiger partial charge in [-0.25, -0.2) is 0 Å². The minimum atomic E-state index is -0.891. The van der Waals surface area contributed by atoms with E-state index in [-0.39, 0.29) is 37.9 Å². The number of nitrogens with two attached hydrogens (primary N) is 4. The van der Waals surface area contributed by atoms with Crippen molar-refractivity contribution in [1.82, 2.24) is 10.6 Å². The molecule has 0 spiro atoms. The first-order valence-electron chi connectivity index (χ1n) is 16.3. The van der Waals surface area contributed by atoms with Crippen LogP contribution in [0.3, 0.4) is 0 Å². The lowest BCUT2D eigenvalue weighted by molar-refractivity contribution is -0.258. The predicted octanol–water partition coefficient (Wildman–Crippen LogP) is -1.31. The van der Waals surface area contributed by atoms with Crippen LogP contribution in [-0.4, -0.2) is 131 Å². The van der Waals surface area contributed by atoms with Gasteiger partial charge in [0.05, 0.1) is 30.4 Å². The number of nitrogens with one attached hydrogen (secondary N) is 2. The second kappa shape index (κ2) is 23.8. The molecular formula is C30H64N6O9. The van der Waals surface area contributed by atoms with Gasteiger partial charge in [0.25, 0.3) is 0 Å². The van der Waals surface area contributed by atoms with Gasteiger partial charge in [0.1, 0.15) is 18.3 Å². The van der Waals surface area contributed by atoms with Crippen LogP contribution in [0.5, 0.6) is 0 Å². The number of hydrogen-bond acceptors (Lipinski definition) is 13. The molecule has 10 unspecified atom stereocenters. The Morgan fingerprint density at radius 1 is 0.844 bits per heavy atom. The maximum atomic E-state index is 11.3. The van der Waals surface area contributed by atoms with Gasteiger partial charge >= 0.3 is 0 Å². The lowest BCUT2D eigenvalue weighted by Gasteiger charge is -2.42. The van der Waals surface area contributed by atoms with Crippen LogP contribution in [0, 0.1) is 5.92 Å². The van der Waals surface area contributed by atoms with E-state index < -0.39 is 42.8 Å². The van der Waals surface area contributed by atoms with Gasteiger partial charge in [0.2, 0.25) is 11.8 Å². The van der Waals surface area contributed by atoms with Crippen LogP contribution in [0.15, 0.2) is 0 Å². The fourth-order valence-corrected chi connectivity index (χ4v) is 5.55. The smallest absolute Gasteiger partial charge is 0.219 e. The number of ether oxygens (including phenoxy) is 5. The predicted molar refractivity (Wildman–Crippen MR) is 172 cm³/mol. The molecule has 12 N–H and O–H groups in total. The molecule has 15 heteroatoms. The Morgan fingerprint density at radius 2 is 1.42 bits per heavy atom. The molecule has 1 heterocycles. The molecule has 0 aromatic heterocycles. The maximum Gasteiger partial charge on any atom is 0.219 e. The molecule has 0 bridgehead atoms. The van der Waals surface area contributed by atoms with Crippen LogP contribution in [0.4, 0.5) is 0 Å². The lowest BCUT2D eigenvalue weighted by Crippen LogP contribution is -2.63. The van der Waals surface area contributed by atoms with Crippen LogP contribution in [0.1, 0.15) is 66.1 Å². The monoisotopic (exact) mass is 652 g/mol. The van der Waals surface area contributed by atoms with Crippen molar-refractivity contribution in [2.45, 2.75) is 120 Å². The van der Waals surface area contributed by atoms with Gasteiger partial charge in [-0.1, -0.05) is 12.8 Å². The first-order valence-corrected chi connectivity index (χ1v) is 16.3. The molecular weight excluding hydrogens is 588 g/mol. The van der Waals surface area contributed by atoms with E-state index in [0.29, 0.717) is 45.6 Å². The Bertz CT molecular complexity index is 804. The number of aliphatic hydroxyl groups excluding tert-OH is 2. The lowest BCUT2D eigenvalue weighted by atomic mass is 9.79. The second-order valence-corrected chi connectivity index (χ2v) is 11.6. The van der Waals surface area contributed by atoms with E-state index in [1.165, 1.54) is 7.11 Å². The summed E-state index contributed by atoms with van der Waals surface area (Å²) >= 11 is 0. The number of methoxy groups -OCH3 is 2. The van der Waals surface area contributed by atoms with E-state index in [4.69, 9.17) is 46.6 Å². The topological polar surface area (TPSA) is 249 Å². The second-order valence-electron chi connectivity index (χ2n) is 11.6. The van der Waals surface area contributed by atoms with Gasteiger partial charge < -0.3 is 67.5 Å². The van der Waals surface area contributed by atoms with E-state index in [9.17, 15) is 19.8 Å². The van der Waals surface area contributed by atoms with Gasteiger partial charge in [0.15, 0.2) is 6.29 Å². The Morgan fingerprint density at radius 3 is 1.93 bits per heavy atom. The molecule has 2 amide bonds. The van der Waals surface area contributed by atoms with Crippen LogP contribution in [0.25, 0.3) is 0 Å². The molecule has 15 nitrogen and oxygen atoms in total. The number of amides is 2. The van der Waals surface area contributed by atoms with E-state index in [1.807, 2.05) is 6.92 Å².